The van der Waals surface area contributed by atoms with Crippen LogP contribution < -0.4 is 14.8 Å². The normalized spacial score (nSPS) is 9.81. The number of aromatic nitrogens is 1. The highest BCUT2D eigenvalue weighted by molar-refractivity contribution is 9.10. The Morgan fingerprint density at radius 3 is 2.70 bits per heavy atom. The van der Waals surface area contributed by atoms with Crippen LogP contribution in [0.15, 0.2) is 41.0 Å². The first-order chi connectivity index (χ1) is 13.0. The average Bonchev–Trinajstić information content (AvgIpc) is 2.69. The Morgan fingerprint density at radius 1 is 1.30 bits per heavy atom. The number of nitrogens with zero attached hydrogens (tertiary/aromatic N) is 1. The van der Waals surface area contributed by atoms with Crippen molar-refractivity contribution in [3.8, 4) is 23.8 Å². The number of halogens is 1. The summed E-state index contributed by atoms with van der Waals surface area (Å²) in [6, 6.07) is 8.58. The summed E-state index contributed by atoms with van der Waals surface area (Å²) in [4.78, 5) is 27.9. The summed E-state index contributed by atoms with van der Waals surface area (Å²) < 4.78 is 16.2. The molecule has 0 aliphatic rings. The highest BCUT2D eigenvalue weighted by Gasteiger charge is 2.16. The van der Waals surface area contributed by atoms with E-state index in [1.807, 2.05) is 0 Å². The molecule has 0 unspecified atom stereocenters. The lowest BCUT2D eigenvalue weighted by atomic mass is 10.2. The van der Waals surface area contributed by atoms with E-state index in [9.17, 15) is 9.59 Å². The highest BCUT2D eigenvalue weighted by Crippen LogP contribution is 2.20. The number of ether oxygens (including phenoxy) is 3. The monoisotopic (exact) mass is 432 g/mol. The molecule has 2 rings (SSSR count). The molecule has 0 atom stereocenters. The first kappa shape index (κ1) is 20.3. The molecule has 0 aliphatic heterocycles. The predicted molar refractivity (Wildman–Crippen MR) is 101 cm³/mol. The zero-order chi connectivity index (χ0) is 19.6. The van der Waals surface area contributed by atoms with Gasteiger partial charge in [0.2, 0.25) is 0 Å². The molecule has 2 aromatic rings. The Bertz CT molecular complexity index is 846. The Morgan fingerprint density at radius 2 is 2.04 bits per heavy atom. The van der Waals surface area contributed by atoms with E-state index < -0.39 is 11.9 Å². The standard InChI is InChI=1S/C19H17BrN2O5/c1-3-8-26-15-6-4-13(5-7-15)12-27-17(23)11-22-19(24)18-16(25-2)9-14(20)10-21-18/h1,4-7,9-10H,8,11-12H2,2H3,(H,22,24). The van der Waals surface area contributed by atoms with E-state index in [1.54, 1.807) is 30.3 Å². The zero-order valence-corrected chi connectivity index (χ0v) is 16.1. The Hall–Kier alpha value is -3.05. The molecule has 0 radical (unpaired) electrons. The molecule has 8 heteroatoms. The molecule has 1 amide bonds. The number of benzene rings is 1. The maximum atomic E-state index is 12.1. The van der Waals surface area contributed by atoms with Crippen molar-refractivity contribution >= 4 is 27.8 Å². The van der Waals surface area contributed by atoms with Gasteiger partial charge >= 0.3 is 5.97 Å². The molecular weight excluding hydrogens is 416 g/mol. The van der Waals surface area contributed by atoms with Gasteiger partial charge in [-0.2, -0.15) is 0 Å². The van der Waals surface area contributed by atoms with Gasteiger partial charge in [-0.3, -0.25) is 9.59 Å². The second kappa shape index (κ2) is 10.2. The van der Waals surface area contributed by atoms with Crippen LogP contribution in [0.5, 0.6) is 11.5 Å². The Labute approximate surface area is 165 Å². The van der Waals surface area contributed by atoms with Gasteiger partial charge in [0, 0.05) is 10.7 Å². The van der Waals surface area contributed by atoms with Crippen molar-refractivity contribution < 1.29 is 23.8 Å². The minimum absolute atomic E-state index is 0.0734. The van der Waals surface area contributed by atoms with Gasteiger partial charge in [0.1, 0.15) is 25.5 Å². The maximum Gasteiger partial charge on any atom is 0.325 e. The number of amides is 1. The molecule has 27 heavy (non-hydrogen) atoms. The van der Waals surface area contributed by atoms with E-state index in [0.29, 0.717) is 16.0 Å². The molecule has 0 spiro atoms. The zero-order valence-electron chi connectivity index (χ0n) is 14.5. The van der Waals surface area contributed by atoms with Crippen LogP contribution in [0.1, 0.15) is 16.1 Å². The second-order valence-corrected chi connectivity index (χ2v) is 6.10. The highest BCUT2D eigenvalue weighted by atomic mass is 79.9. The van der Waals surface area contributed by atoms with Gasteiger partial charge in [0.25, 0.3) is 5.91 Å². The van der Waals surface area contributed by atoms with Crippen LogP contribution in [0.4, 0.5) is 0 Å². The number of terminal acetylenes is 1. The number of hydrogen-bond acceptors (Lipinski definition) is 6. The smallest absolute Gasteiger partial charge is 0.325 e. The van der Waals surface area contributed by atoms with Gasteiger partial charge in [-0.15, -0.1) is 6.42 Å². The van der Waals surface area contributed by atoms with Crippen molar-refractivity contribution in [1.82, 2.24) is 10.3 Å². The van der Waals surface area contributed by atoms with Crippen LogP contribution >= 0.6 is 15.9 Å². The molecule has 1 aromatic heterocycles. The van der Waals surface area contributed by atoms with Crippen molar-refractivity contribution in [3.63, 3.8) is 0 Å². The quantitative estimate of drug-likeness (QED) is 0.508. The van der Waals surface area contributed by atoms with E-state index in [1.165, 1.54) is 13.3 Å². The molecule has 0 fully saturated rings. The summed E-state index contributed by atoms with van der Waals surface area (Å²) in [5.74, 6) is 2.19. The van der Waals surface area contributed by atoms with Gasteiger partial charge < -0.3 is 19.5 Å². The summed E-state index contributed by atoms with van der Waals surface area (Å²) in [7, 11) is 1.43. The summed E-state index contributed by atoms with van der Waals surface area (Å²) in [5, 5.41) is 2.45. The van der Waals surface area contributed by atoms with Crippen LogP contribution in [0.25, 0.3) is 0 Å². The molecule has 1 N–H and O–H groups in total. The lowest BCUT2D eigenvalue weighted by Crippen LogP contribution is -2.31. The summed E-state index contributed by atoms with van der Waals surface area (Å²) in [5.41, 5.74) is 0.857. The fraction of sp³-hybridized carbons (Fsp3) is 0.211. The minimum atomic E-state index is -0.577. The van der Waals surface area contributed by atoms with Crippen LogP contribution in [0, 0.1) is 12.3 Å². The fourth-order valence-electron chi connectivity index (χ4n) is 2.00. The third kappa shape index (κ3) is 6.31. The molecule has 7 nitrogen and oxygen atoms in total. The number of rotatable bonds is 8. The third-order valence-corrected chi connectivity index (χ3v) is 3.73. The largest absolute Gasteiger partial charge is 0.494 e. The number of methoxy groups -OCH3 is 1. The van der Waals surface area contributed by atoms with E-state index >= 15 is 0 Å². The van der Waals surface area contributed by atoms with Crippen LogP contribution in [0.3, 0.4) is 0 Å². The Balaban J connectivity index is 1.81. The number of nitrogens with one attached hydrogen (secondary N) is 1. The third-order valence-electron chi connectivity index (χ3n) is 3.29. The van der Waals surface area contributed by atoms with Crippen LogP contribution in [0.2, 0.25) is 0 Å². The first-order valence-electron chi connectivity index (χ1n) is 7.82. The molecule has 1 heterocycles. The summed E-state index contributed by atoms with van der Waals surface area (Å²) >= 11 is 3.24. The molecular formula is C19H17BrN2O5. The van der Waals surface area contributed by atoms with Crippen molar-refractivity contribution in [2.75, 3.05) is 20.3 Å². The molecule has 140 valence electrons. The van der Waals surface area contributed by atoms with Crippen LogP contribution in [-0.2, 0) is 16.1 Å². The van der Waals surface area contributed by atoms with Crippen LogP contribution in [-0.4, -0.2) is 37.1 Å². The topological polar surface area (TPSA) is 86.8 Å². The molecule has 0 saturated carbocycles. The predicted octanol–water partition coefficient (Wildman–Crippen LogP) is 2.34. The summed E-state index contributed by atoms with van der Waals surface area (Å²) in [6.07, 6.45) is 6.59. The van der Waals surface area contributed by atoms with Crippen molar-refractivity contribution in [1.29, 1.82) is 0 Å². The van der Waals surface area contributed by atoms with Gasteiger partial charge in [0.15, 0.2) is 11.4 Å². The minimum Gasteiger partial charge on any atom is -0.494 e. The lowest BCUT2D eigenvalue weighted by molar-refractivity contribution is -0.143. The Kier molecular flexibility index (Phi) is 7.64. The molecule has 0 bridgehead atoms. The SMILES string of the molecule is C#CCOc1ccc(COC(=O)CNC(=O)c2ncc(Br)cc2OC)cc1. The fourth-order valence-corrected chi connectivity index (χ4v) is 2.32. The summed E-state index contributed by atoms with van der Waals surface area (Å²) in [6.45, 7) is -0.0287. The molecule has 0 aliphatic carbocycles. The first-order valence-corrected chi connectivity index (χ1v) is 8.61. The second-order valence-electron chi connectivity index (χ2n) is 5.18. The number of esters is 1. The van der Waals surface area contributed by atoms with Gasteiger partial charge in [0.05, 0.1) is 7.11 Å². The van der Waals surface area contributed by atoms with Crippen molar-refractivity contribution in [2.45, 2.75) is 6.61 Å². The molecule has 1 aromatic carbocycles. The average molecular weight is 433 g/mol. The number of pyridine rings is 1. The van der Waals surface area contributed by atoms with E-state index in [0.717, 1.165) is 5.56 Å². The van der Waals surface area contributed by atoms with Crippen molar-refractivity contribution in [2.24, 2.45) is 0 Å². The maximum absolute atomic E-state index is 12.1. The van der Waals surface area contributed by atoms with Gasteiger partial charge in [-0.25, -0.2) is 4.98 Å². The van der Waals surface area contributed by atoms with E-state index in [2.05, 4.69) is 32.2 Å². The van der Waals surface area contributed by atoms with Gasteiger partial charge in [-0.05, 0) is 39.7 Å². The van der Waals surface area contributed by atoms with E-state index in [4.69, 9.17) is 20.6 Å². The van der Waals surface area contributed by atoms with E-state index in [-0.39, 0.29) is 25.5 Å². The molecule has 0 saturated heterocycles. The number of carbonyl (C=O) groups excluding carboxylic acids is 2. The number of hydrogen-bond donors (Lipinski definition) is 1. The van der Waals surface area contributed by atoms with Crippen molar-refractivity contribution in [3.05, 3.63) is 52.3 Å². The van der Waals surface area contributed by atoms with Gasteiger partial charge in [-0.1, -0.05) is 18.1 Å². The number of carbonyl (C=O) groups is 2. The lowest BCUT2D eigenvalue weighted by Gasteiger charge is -2.09.